The van der Waals surface area contributed by atoms with E-state index in [0.29, 0.717) is 40.2 Å². The van der Waals surface area contributed by atoms with Crippen LogP contribution >= 0.6 is 34.5 Å². The summed E-state index contributed by atoms with van der Waals surface area (Å²) >= 11 is 13.2. The zero-order valence-corrected chi connectivity index (χ0v) is 15.8. The van der Waals surface area contributed by atoms with E-state index in [1.165, 1.54) is 17.4 Å². The summed E-state index contributed by atoms with van der Waals surface area (Å²) in [5, 5.41) is 4.02. The number of halogens is 2. The number of anilines is 1. The van der Waals surface area contributed by atoms with E-state index in [1.807, 2.05) is 0 Å². The van der Waals surface area contributed by atoms with E-state index in [9.17, 15) is 9.59 Å². The van der Waals surface area contributed by atoms with Crippen molar-refractivity contribution in [2.45, 2.75) is 26.2 Å². The number of nitrogens with one attached hydrogen (secondary N) is 1. The van der Waals surface area contributed by atoms with Gasteiger partial charge in [0.25, 0.3) is 5.91 Å². The number of amides is 1. The summed E-state index contributed by atoms with van der Waals surface area (Å²) in [6.07, 6.45) is 2.03. The first-order valence-corrected chi connectivity index (χ1v) is 9.46. The first-order chi connectivity index (χ1) is 12.0. The number of nitrogens with zero attached hydrogens (tertiary/aromatic N) is 1. The van der Waals surface area contributed by atoms with Crippen LogP contribution in [0.1, 0.15) is 34.3 Å². The molecule has 1 heterocycles. The molecule has 5 nitrogen and oxygen atoms in total. The molecular weight excluding hydrogens is 383 g/mol. The SMILES string of the molecule is CCOC(=O)C1CCc2nc(NC(=O)c3ccc(Cl)c(Cl)c3)sc2C1. The van der Waals surface area contributed by atoms with Gasteiger partial charge in [-0.15, -0.1) is 11.3 Å². The normalized spacial score (nSPS) is 16.2. The number of hydrogen-bond acceptors (Lipinski definition) is 5. The molecule has 1 aliphatic rings. The smallest absolute Gasteiger partial charge is 0.309 e. The molecule has 0 aliphatic heterocycles. The number of fused-ring (bicyclic) bond motifs is 1. The molecule has 1 aliphatic carbocycles. The number of aromatic nitrogens is 1. The number of thiazole rings is 1. The van der Waals surface area contributed by atoms with Gasteiger partial charge in [-0.2, -0.15) is 0 Å². The van der Waals surface area contributed by atoms with Gasteiger partial charge >= 0.3 is 5.97 Å². The van der Waals surface area contributed by atoms with Crippen LogP contribution in [0.4, 0.5) is 5.13 Å². The third kappa shape index (κ3) is 4.14. The summed E-state index contributed by atoms with van der Waals surface area (Å²) in [5.74, 6) is -0.596. The minimum absolute atomic E-state index is 0.133. The van der Waals surface area contributed by atoms with Crippen molar-refractivity contribution in [1.82, 2.24) is 4.98 Å². The molecule has 1 unspecified atom stereocenters. The van der Waals surface area contributed by atoms with Crippen LogP contribution in [0.15, 0.2) is 18.2 Å². The molecule has 0 bridgehead atoms. The fourth-order valence-corrected chi connectivity index (χ4v) is 4.08. The molecule has 0 spiro atoms. The summed E-state index contributed by atoms with van der Waals surface area (Å²) in [6, 6.07) is 4.70. The van der Waals surface area contributed by atoms with E-state index >= 15 is 0 Å². The number of hydrogen-bond donors (Lipinski definition) is 1. The molecule has 1 aromatic carbocycles. The summed E-state index contributed by atoms with van der Waals surface area (Å²) in [4.78, 5) is 29.7. The fraction of sp³-hybridized carbons (Fsp3) is 0.353. The molecular formula is C17H16Cl2N2O3S. The van der Waals surface area contributed by atoms with Crippen LogP contribution in [0.2, 0.25) is 10.0 Å². The van der Waals surface area contributed by atoms with Crippen molar-refractivity contribution in [2.75, 3.05) is 11.9 Å². The van der Waals surface area contributed by atoms with Crippen molar-refractivity contribution in [3.63, 3.8) is 0 Å². The average Bonchev–Trinajstić information content (AvgIpc) is 2.98. The van der Waals surface area contributed by atoms with Gasteiger partial charge in [-0.1, -0.05) is 23.2 Å². The third-order valence-electron chi connectivity index (χ3n) is 3.96. The molecule has 1 N–H and O–H groups in total. The lowest BCUT2D eigenvalue weighted by Crippen LogP contribution is -2.24. The van der Waals surface area contributed by atoms with Gasteiger partial charge in [-0.25, -0.2) is 4.98 Å². The highest BCUT2D eigenvalue weighted by Crippen LogP contribution is 2.33. The molecule has 8 heteroatoms. The lowest BCUT2D eigenvalue weighted by atomic mass is 9.91. The molecule has 0 radical (unpaired) electrons. The maximum atomic E-state index is 12.3. The summed E-state index contributed by atoms with van der Waals surface area (Å²) in [6.45, 7) is 2.19. The van der Waals surface area contributed by atoms with Crippen molar-refractivity contribution in [2.24, 2.45) is 5.92 Å². The molecule has 0 saturated carbocycles. The lowest BCUT2D eigenvalue weighted by Gasteiger charge is -2.18. The Labute approximate surface area is 159 Å². The van der Waals surface area contributed by atoms with Crippen LogP contribution in [0.3, 0.4) is 0 Å². The van der Waals surface area contributed by atoms with Crippen LogP contribution in [0.25, 0.3) is 0 Å². The third-order valence-corrected chi connectivity index (χ3v) is 5.74. The summed E-state index contributed by atoms with van der Waals surface area (Å²) in [7, 11) is 0. The Morgan fingerprint density at radius 2 is 2.16 bits per heavy atom. The number of rotatable bonds is 4. The van der Waals surface area contributed by atoms with E-state index in [0.717, 1.165) is 17.0 Å². The number of benzene rings is 1. The average molecular weight is 399 g/mol. The molecule has 1 atom stereocenters. The van der Waals surface area contributed by atoms with E-state index < -0.39 is 0 Å². The molecule has 0 saturated heterocycles. The summed E-state index contributed by atoms with van der Waals surface area (Å²) < 4.78 is 5.10. The topological polar surface area (TPSA) is 68.3 Å². The van der Waals surface area contributed by atoms with Crippen molar-refractivity contribution in [1.29, 1.82) is 0 Å². The Kier molecular flexibility index (Phi) is 5.61. The highest BCUT2D eigenvalue weighted by molar-refractivity contribution is 7.15. The summed E-state index contributed by atoms with van der Waals surface area (Å²) in [5.41, 5.74) is 1.35. The Hall–Kier alpha value is -1.63. The standard InChI is InChI=1S/C17H16Cl2N2O3S/c1-2-24-16(23)10-4-6-13-14(8-10)25-17(20-13)21-15(22)9-3-5-11(18)12(19)7-9/h3,5,7,10H,2,4,6,8H2,1H3,(H,20,21,22). The largest absolute Gasteiger partial charge is 0.466 e. The highest BCUT2D eigenvalue weighted by Gasteiger charge is 2.28. The van der Waals surface area contributed by atoms with Crippen LogP contribution in [0.5, 0.6) is 0 Å². The van der Waals surface area contributed by atoms with E-state index in [1.54, 1.807) is 19.1 Å². The quantitative estimate of drug-likeness (QED) is 0.776. The number of ether oxygens (including phenoxy) is 1. The predicted molar refractivity (Wildman–Crippen MR) is 98.7 cm³/mol. The van der Waals surface area contributed by atoms with Crippen molar-refractivity contribution in [3.05, 3.63) is 44.4 Å². The molecule has 25 heavy (non-hydrogen) atoms. The fourth-order valence-electron chi connectivity index (χ4n) is 2.70. The van der Waals surface area contributed by atoms with E-state index in [2.05, 4.69) is 10.3 Å². The van der Waals surface area contributed by atoms with Crippen LogP contribution in [-0.4, -0.2) is 23.5 Å². The van der Waals surface area contributed by atoms with Gasteiger partial charge in [0.2, 0.25) is 0 Å². The van der Waals surface area contributed by atoms with Crippen molar-refractivity contribution < 1.29 is 14.3 Å². The molecule has 2 aromatic rings. The van der Waals surface area contributed by atoms with Gasteiger partial charge in [0.1, 0.15) is 0 Å². The van der Waals surface area contributed by atoms with E-state index in [4.69, 9.17) is 27.9 Å². The van der Waals surface area contributed by atoms with Crippen LogP contribution in [0, 0.1) is 5.92 Å². The molecule has 3 rings (SSSR count). The first-order valence-electron chi connectivity index (χ1n) is 7.89. The van der Waals surface area contributed by atoms with Gasteiger partial charge in [-0.3, -0.25) is 14.9 Å². The van der Waals surface area contributed by atoms with Gasteiger partial charge in [0.05, 0.1) is 28.3 Å². The number of aryl methyl sites for hydroxylation is 1. The monoisotopic (exact) mass is 398 g/mol. The Balaban J connectivity index is 1.70. The minimum Gasteiger partial charge on any atom is -0.466 e. The first kappa shape index (κ1) is 18.2. The maximum absolute atomic E-state index is 12.3. The zero-order valence-electron chi connectivity index (χ0n) is 13.5. The van der Waals surface area contributed by atoms with Crippen LogP contribution < -0.4 is 5.32 Å². The van der Waals surface area contributed by atoms with Crippen LogP contribution in [-0.2, 0) is 22.4 Å². The lowest BCUT2D eigenvalue weighted by molar-refractivity contribution is -0.148. The number of carbonyl (C=O) groups excluding carboxylic acids is 2. The number of carbonyl (C=O) groups is 2. The Bertz CT molecular complexity index is 822. The molecule has 132 valence electrons. The number of esters is 1. The second kappa shape index (κ2) is 7.72. The van der Waals surface area contributed by atoms with Gasteiger partial charge in [0.15, 0.2) is 5.13 Å². The van der Waals surface area contributed by atoms with E-state index in [-0.39, 0.29) is 17.8 Å². The molecule has 0 fully saturated rings. The maximum Gasteiger partial charge on any atom is 0.309 e. The Morgan fingerprint density at radius 1 is 1.36 bits per heavy atom. The highest BCUT2D eigenvalue weighted by atomic mass is 35.5. The predicted octanol–water partition coefficient (Wildman–Crippen LogP) is 4.37. The van der Waals surface area contributed by atoms with Gasteiger partial charge < -0.3 is 4.74 Å². The minimum atomic E-state index is -0.299. The second-order valence-electron chi connectivity index (χ2n) is 5.66. The second-order valence-corrected chi connectivity index (χ2v) is 7.56. The molecule has 1 aromatic heterocycles. The van der Waals surface area contributed by atoms with Gasteiger partial charge in [-0.05, 0) is 44.4 Å². The Morgan fingerprint density at radius 3 is 2.88 bits per heavy atom. The molecule has 1 amide bonds. The zero-order chi connectivity index (χ0) is 18.0. The van der Waals surface area contributed by atoms with Gasteiger partial charge in [0, 0.05) is 10.4 Å². The van der Waals surface area contributed by atoms with Crippen molar-refractivity contribution in [3.8, 4) is 0 Å². The van der Waals surface area contributed by atoms with Crippen molar-refractivity contribution >= 4 is 51.5 Å².